The molecule has 0 aromatic heterocycles. The largest absolute Gasteiger partial charge is 0.342 e. The molecule has 0 saturated heterocycles. The summed E-state index contributed by atoms with van der Waals surface area (Å²) in [4.78, 5) is 24.0. The van der Waals surface area contributed by atoms with Gasteiger partial charge in [0.1, 0.15) is 0 Å². The number of carbonyl (C=O) groups excluding carboxylic acids is 1. The lowest BCUT2D eigenvalue weighted by Gasteiger charge is -2.18. The lowest BCUT2D eigenvalue weighted by molar-refractivity contribution is -0.384. The van der Waals surface area contributed by atoms with E-state index < -0.39 is 4.92 Å². The fourth-order valence-corrected chi connectivity index (χ4v) is 1.80. The van der Waals surface area contributed by atoms with Crippen LogP contribution in [0.4, 0.5) is 5.69 Å². The van der Waals surface area contributed by atoms with Gasteiger partial charge in [0.15, 0.2) is 0 Å². The van der Waals surface area contributed by atoms with E-state index in [9.17, 15) is 14.9 Å². The quantitative estimate of drug-likeness (QED) is 0.481. The smallest absolute Gasteiger partial charge is 0.269 e. The van der Waals surface area contributed by atoms with Gasteiger partial charge in [-0.15, -0.1) is 0 Å². The van der Waals surface area contributed by atoms with Crippen LogP contribution >= 0.6 is 0 Å². The molecule has 6 nitrogen and oxygen atoms in total. The lowest BCUT2D eigenvalue weighted by atomic mass is 10.1. The SMILES string of the molecule is CNCCCN(C)C(=O)c1ccc([N+](=O)[O-])cc1C. The molecule has 1 rings (SSSR count). The molecule has 0 bridgehead atoms. The van der Waals surface area contributed by atoms with Crippen LogP contribution in [-0.2, 0) is 0 Å². The molecule has 19 heavy (non-hydrogen) atoms. The summed E-state index contributed by atoms with van der Waals surface area (Å²) in [6, 6.07) is 4.31. The maximum atomic E-state index is 12.2. The zero-order chi connectivity index (χ0) is 14.4. The Morgan fingerprint density at radius 1 is 1.47 bits per heavy atom. The fourth-order valence-electron chi connectivity index (χ4n) is 1.80. The molecule has 6 heteroatoms. The number of aryl methyl sites for hydroxylation is 1. The van der Waals surface area contributed by atoms with Gasteiger partial charge in [0.25, 0.3) is 11.6 Å². The molecule has 104 valence electrons. The highest BCUT2D eigenvalue weighted by atomic mass is 16.6. The minimum atomic E-state index is -0.460. The summed E-state index contributed by atoms with van der Waals surface area (Å²) in [5, 5.41) is 13.7. The maximum absolute atomic E-state index is 12.2. The number of hydrogen-bond donors (Lipinski definition) is 1. The van der Waals surface area contributed by atoms with Crippen LogP contribution in [0.1, 0.15) is 22.3 Å². The first-order valence-corrected chi connectivity index (χ1v) is 6.12. The van der Waals surface area contributed by atoms with Crippen molar-refractivity contribution in [3.05, 3.63) is 39.4 Å². The number of non-ortho nitro benzene ring substituents is 1. The number of nitro groups is 1. The summed E-state index contributed by atoms with van der Waals surface area (Å²) >= 11 is 0. The van der Waals surface area contributed by atoms with Crippen molar-refractivity contribution in [3.63, 3.8) is 0 Å². The summed E-state index contributed by atoms with van der Waals surface area (Å²) in [6.07, 6.45) is 0.866. The van der Waals surface area contributed by atoms with Gasteiger partial charge in [0, 0.05) is 31.3 Å². The first-order valence-electron chi connectivity index (χ1n) is 6.12. The number of nitrogens with one attached hydrogen (secondary N) is 1. The Morgan fingerprint density at radius 2 is 2.16 bits per heavy atom. The predicted octanol–water partition coefficient (Wildman–Crippen LogP) is 1.58. The second kappa shape index (κ2) is 6.84. The average Bonchev–Trinajstić information content (AvgIpc) is 2.37. The van der Waals surface area contributed by atoms with Crippen molar-refractivity contribution in [2.45, 2.75) is 13.3 Å². The predicted molar refractivity (Wildman–Crippen MR) is 73.3 cm³/mol. The zero-order valence-electron chi connectivity index (χ0n) is 11.5. The van der Waals surface area contributed by atoms with Crippen molar-refractivity contribution >= 4 is 11.6 Å². The van der Waals surface area contributed by atoms with Gasteiger partial charge in [0.2, 0.25) is 0 Å². The molecule has 0 saturated carbocycles. The Balaban J connectivity index is 2.79. The summed E-state index contributed by atoms with van der Waals surface area (Å²) in [5.41, 5.74) is 1.14. The van der Waals surface area contributed by atoms with Crippen molar-refractivity contribution in [2.24, 2.45) is 0 Å². The molecule has 0 fully saturated rings. The number of carbonyl (C=O) groups is 1. The molecule has 0 aliphatic carbocycles. The van der Waals surface area contributed by atoms with Crippen molar-refractivity contribution in [2.75, 3.05) is 27.2 Å². The van der Waals surface area contributed by atoms with Gasteiger partial charge in [-0.2, -0.15) is 0 Å². The third-order valence-electron chi connectivity index (χ3n) is 2.92. The minimum absolute atomic E-state index is 0.00638. The van der Waals surface area contributed by atoms with Crippen molar-refractivity contribution < 1.29 is 9.72 Å². The van der Waals surface area contributed by atoms with E-state index in [0.717, 1.165) is 13.0 Å². The van der Waals surface area contributed by atoms with Crippen LogP contribution in [0.2, 0.25) is 0 Å². The van der Waals surface area contributed by atoms with E-state index in [1.807, 2.05) is 7.05 Å². The zero-order valence-corrected chi connectivity index (χ0v) is 11.5. The molecule has 0 aliphatic rings. The van der Waals surface area contributed by atoms with E-state index in [4.69, 9.17) is 0 Å². The maximum Gasteiger partial charge on any atom is 0.269 e. The van der Waals surface area contributed by atoms with E-state index in [1.54, 1.807) is 18.9 Å². The molecular formula is C13H19N3O3. The van der Waals surface area contributed by atoms with E-state index >= 15 is 0 Å². The van der Waals surface area contributed by atoms with Gasteiger partial charge in [-0.1, -0.05) is 0 Å². The lowest BCUT2D eigenvalue weighted by Crippen LogP contribution is -2.29. The molecule has 0 heterocycles. The first kappa shape index (κ1) is 15.1. The molecular weight excluding hydrogens is 246 g/mol. The van der Waals surface area contributed by atoms with Crippen molar-refractivity contribution in [1.82, 2.24) is 10.2 Å². The average molecular weight is 265 g/mol. The van der Waals surface area contributed by atoms with E-state index in [1.165, 1.54) is 18.2 Å². The number of nitro benzene ring substituents is 1. The van der Waals surface area contributed by atoms with Crippen LogP contribution in [0.15, 0.2) is 18.2 Å². The number of amides is 1. The van der Waals surface area contributed by atoms with Gasteiger partial charge in [-0.3, -0.25) is 14.9 Å². The summed E-state index contributed by atoms with van der Waals surface area (Å²) in [5.74, 6) is -0.108. The van der Waals surface area contributed by atoms with Crippen LogP contribution < -0.4 is 5.32 Å². The number of nitrogens with zero attached hydrogens (tertiary/aromatic N) is 2. The van der Waals surface area contributed by atoms with Gasteiger partial charge in [-0.05, 0) is 38.6 Å². The highest BCUT2D eigenvalue weighted by Gasteiger charge is 2.16. The van der Waals surface area contributed by atoms with Gasteiger partial charge in [-0.25, -0.2) is 0 Å². The Morgan fingerprint density at radius 3 is 2.68 bits per heavy atom. The van der Waals surface area contributed by atoms with Crippen molar-refractivity contribution in [3.8, 4) is 0 Å². The molecule has 0 spiro atoms. The molecule has 0 radical (unpaired) electrons. The van der Waals surface area contributed by atoms with E-state index in [-0.39, 0.29) is 11.6 Å². The molecule has 1 aromatic carbocycles. The van der Waals surface area contributed by atoms with Crippen LogP contribution in [0.3, 0.4) is 0 Å². The number of rotatable bonds is 6. The monoisotopic (exact) mass is 265 g/mol. The fraction of sp³-hybridized carbons (Fsp3) is 0.462. The standard InChI is InChI=1S/C13H19N3O3/c1-10-9-11(16(18)19)5-6-12(10)13(17)15(3)8-4-7-14-2/h5-6,9,14H,4,7-8H2,1-3H3. The van der Waals surface area contributed by atoms with Crippen LogP contribution in [0.5, 0.6) is 0 Å². The number of benzene rings is 1. The molecule has 0 aliphatic heterocycles. The van der Waals surface area contributed by atoms with Gasteiger partial charge >= 0.3 is 0 Å². The second-order valence-electron chi connectivity index (χ2n) is 4.44. The van der Waals surface area contributed by atoms with Crippen LogP contribution in [-0.4, -0.2) is 42.9 Å². The summed E-state index contributed by atoms with van der Waals surface area (Å²) in [7, 11) is 3.60. The topological polar surface area (TPSA) is 75.5 Å². The highest BCUT2D eigenvalue weighted by molar-refractivity contribution is 5.95. The van der Waals surface area contributed by atoms with Gasteiger partial charge in [0.05, 0.1) is 4.92 Å². The number of hydrogen-bond acceptors (Lipinski definition) is 4. The Hall–Kier alpha value is -1.95. The first-order chi connectivity index (χ1) is 8.97. The molecule has 1 amide bonds. The van der Waals surface area contributed by atoms with Crippen LogP contribution in [0.25, 0.3) is 0 Å². The third kappa shape index (κ3) is 4.03. The van der Waals surface area contributed by atoms with E-state index in [2.05, 4.69) is 5.32 Å². The molecule has 1 aromatic rings. The van der Waals surface area contributed by atoms with Gasteiger partial charge < -0.3 is 10.2 Å². The van der Waals surface area contributed by atoms with Crippen molar-refractivity contribution in [1.29, 1.82) is 0 Å². The highest BCUT2D eigenvalue weighted by Crippen LogP contribution is 2.18. The Kier molecular flexibility index (Phi) is 5.44. The molecule has 0 unspecified atom stereocenters. The normalized spacial score (nSPS) is 10.3. The Bertz CT molecular complexity index is 474. The summed E-state index contributed by atoms with van der Waals surface area (Å²) in [6.45, 7) is 3.20. The second-order valence-corrected chi connectivity index (χ2v) is 4.44. The van der Waals surface area contributed by atoms with Crippen LogP contribution in [0, 0.1) is 17.0 Å². The molecule has 1 N–H and O–H groups in total. The molecule has 0 atom stereocenters. The third-order valence-corrected chi connectivity index (χ3v) is 2.92. The Labute approximate surface area is 112 Å². The minimum Gasteiger partial charge on any atom is -0.342 e. The summed E-state index contributed by atoms with van der Waals surface area (Å²) < 4.78 is 0. The van der Waals surface area contributed by atoms with E-state index in [0.29, 0.717) is 17.7 Å².